The zero-order chi connectivity index (χ0) is 12.0. The first kappa shape index (κ1) is 12.2. The summed E-state index contributed by atoms with van der Waals surface area (Å²) in [5.74, 6) is 4.91. The Balaban J connectivity index is 2.80. The first-order valence-electron chi connectivity index (χ1n) is 4.98. The molecule has 0 amide bonds. The molecule has 0 fully saturated rings. The molecule has 0 atom stereocenters. The maximum absolute atomic E-state index is 10.7. The number of aromatic nitrogens is 1. The summed E-state index contributed by atoms with van der Waals surface area (Å²) in [4.78, 5) is 14.6. The molecule has 16 heavy (non-hydrogen) atoms. The fourth-order valence-electron chi connectivity index (χ4n) is 1.22. The third-order valence-electron chi connectivity index (χ3n) is 2.01. The number of nitrogens with zero attached hydrogens (tertiary/aromatic N) is 1. The van der Waals surface area contributed by atoms with Gasteiger partial charge in [-0.2, -0.15) is 0 Å². The Morgan fingerprint density at radius 2 is 2.38 bits per heavy atom. The molecule has 0 saturated carbocycles. The van der Waals surface area contributed by atoms with Crippen LogP contribution in [0.25, 0.3) is 0 Å². The highest BCUT2D eigenvalue weighted by molar-refractivity contribution is 5.87. The molecule has 1 aromatic rings. The van der Waals surface area contributed by atoms with Gasteiger partial charge in [-0.3, -0.25) is 0 Å². The van der Waals surface area contributed by atoms with Gasteiger partial charge in [-0.25, -0.2) is 9.78 Å². The van der Waals surface area contributed by atoms with E-state index in [9.17, 15) is 4.79 Å². The van der Waals surface area contributed by atoms with Crippen molar-refractivity contribution < 1.29 is 9.90 Å². The summed E-state index contributed by atoms with van der Waals surface area (Å²) >= 11 is 0. The van der Waals surface area contributed by atoms with Gasteiger partial charge >= 0.3 is 5.97 Å². The van der Waals surface area contributed by atoms with Crippen LogP contribution in [0.5, 0.6) is 0 Å². The Morgan fingerprint density at radius 3 is 2.94 bits per heavy atom. The van der Waals surface area contributed by atoms with Gasteiger partial charge in [0.1, 0.15) is 0 Å². The van der Waals surface area contributed by atoms with Gasteiger partial charge in [-0.1, -0.05) is 11.8 Å². The van der Waals surface area contributed by atoms with Crippen molar-refractivity contribution in [3.8, 4) is 11.8 Å². The van der Waals surface area contributed by atoms with Crippen LogP contribution in [0.1, 0.15) is 28.0 Å². The van der Waals surface area contributed by atoms with Gasteiger partial charge in [0, 0.05) is 24.7 Å². The number of hydrogen-bond acceptors (Lipinski definition) is 3. The lowest BCUT2D eigenvalue weighted by Gasteiger charge is -1.99. The van der Waals surface area contributed by atoms with Crippen molar-refractivity contribution >= 4 is 5.97 Å². The predicted molar refractivity (Wildman–Crippen MR) is 61.4 cm³/mol. The van der Waals surface area contributed by atoms with E-state index >= 15 is 0 Å². The van der Waals surface area contributed by atoms with Crippen LogP contribution >= 0.6 is 0 Å². The lowest BCUT2D eigenvalue weighted by Crippen LogP contribution is -2.06. The SMILES string of the molecule is CNCCC#Cc1cnc(C(=O)O)c(C)c1. The molecule has 1 rings (SSSR count). The second-order valence-corrected chi connectivity index (χ2v) is 3.35. The quantitative estimate of drug-likeness (QED) is 0.588. The van der Waals surface area contributed by atoms with E-state index in [1.54, 1.807) is 13.0 Å². The van der Waals surface area contributed by atoms with Crippen molar-refractivity contribution in [1.29, 1.82) is 0 Å². The van der Waals surface area contributed by atoms with Gasteiger partial charge in [-0.15, -0.1) is 0 Å². The van der Waals surface area contributed by atoms with Crippen LogP contribution in [0.2, 0.25) is 0 Å². The van der Waals surface area contributed by atoms with Gasteiger partial charge in [0.25, 0.3) is 0 Å². The number of carboxylic acid groups (broad SMARTS) is 1. The van der Waals surface area contributed by atoms with Crippen LogP contribution in [0.3, 0.4) is 0 Å². The molecule has 0 aliphatic rings. The van der Waals surface area contributed by atoms with Crippen molar-refractivity contribution in [3.63, 3.8) is 0 Å². The first-order valence-corrected chi connectivity index (χ1v) is 4.98. The summed E-state index contributed by atoms with van der Waals surface area (Å²) in [6, 6.07) is 1.74. The summed E-state index contributed by atoms with van der Waals surface area (Å²) in [5.41, 5.74) is 1.47. The van der Waals surface area contributed by atoms with Gasteiger partial charge < -0.3 is 10.4 Å². The fourth-order valence-corrected chi connectivity index (χ4v) is 1.22. The number of pyridine rings is 1. The minimum atomic E-state index is -1.01. The zero-order valence-electron chi connectivity index (χ0n) is 9.37. The summed E-state index contributed by atoms with van der Waals surface area (Å²) in [6.07, 6.45) is 2.25. The maximum atomic E-state index is 10.7. The van der Waals surface area contributed by atoms with Crippen LogP contribution in [-0.2, 0) is 0 Å². The molecule has 0 aliphatic heterocycles. The molecule has 2 N–H and O–H groups in total. The molecule has 1 heterocycles. The largest absolute Gasteiger partial charge is 0.477 e. The van der Waals surface area contributed by atoms with E-state index in [0.29, 0.717) is 5.56 Å². The number of carbonyl (C=O) groups is 1. The van der Waals surface area contributed by atoms with E-state index in [1.165, 1.54) is 6.20 Å². The second kappa shape index (κ2) is 5.89. The number of rotatable bonds is 3. The summed E-state index contributed by atoms with van der Waals surface area (Å²) in [7, 11) is 1.87. The topological polar surface area (TPSA) is 62.2 Å². The van der Waals surface area contributed by atoms with E-state index in [0.717, 1.165) is 18.5 Å². The fraction of sp³-hybridized carbons (Fsp3) is 0.333. The molecule has 84 valence electrons. The normalized spacial score (nSPS) is 9.38. The summed E-state index contributed by atoms with van der Waals surface area (Å²) < 4.78 is 0. The predicted octanol–water partition coefficient (Wildman–Crippen LogP) is 1.05. The maximum Gasteiger partial charge on any atom is 0.354 e. The molecular formula is C12H14N2O2. The third kappa shape index (κ3) is 3.37. The average Bonchev–Trinajstić information content (AvgIpc) is 2.24. The molecule has 0 bridgehead atoms. The van der Waals surface area contributed by atoms with Crippen molar-refractivity contribution in [2.45, 2.75) is 13.3 Å². The van der Waals surface area contributed by atoms with E-state index in [-0.39, 0.29) is 5.69 Å². The first-order chi connectivity index (χ1) is 7.65. The second-order valence-electron chi connectivity index (χ2n) is 3.35. The number of aromatic carboxylic acids is 1. The van der Waals surface area contributed by atoms with Gasteiger partial charge in [0.05, 0.1) is 0 Å². The van der Waals surface area contributed by atoms with E-state index in [1.807, 2.05) is 7.05 Å². The minimum Gasteiger partial charge on any atom is -0.477 e. The number of hydrogen-bond donors (Lipinski definition) is 2. The van der Waals surface area contributed by atoms with E-state index < -0.39 is 5.97 Å². The lowest BCUT2D eigenvalue weighted by molar-refractivity contribution is 0.0689. The molecule has 0 radical (unpaired) electrons. The van der Waals surface area contributed by atoms with Crippen LogP contribution in [-0.4, -0.2) is 29.7 Å². The Bertz CT molecular complexity index is 444. The summed E-state index contributed by atoms with van der Waals surface area (Å²) in [5, 5.41) is 11.8. The van der Waals surface area contributed by atoms with E-state index in [2.05, 4.69) is 22.1 Å². The highest BCUT2D eigenvalue weighted by Crippen LogP contribution is 2.06. The summed E-state index contributed by atoms with van der Waals surface area (Å²) in [6.45, 7) is 2.56. The van der Waals surface area contributed by atoms with Crippen molar-refractivity contribution in [2.24, 2.45) is 0 Å². The van der Waals surface area contributed by atoms with Crippen molar-refractivity contribution in [3.05, 3.63) is 29.1 Å². The molecule has 1 aromatic heterocycles. The molecule has 0 saturated heterocycles. The number of carboxylic acids is 1. The molecule has 0 unspecified atom stereocenters. The Kier molecular flexibility index (Phi) is 4.49. The molecule has 4 heteroatoms. The van der Waals surface area contributed by atoms with Crippen molar-refractivity contribution in [2.75, 3.05) is 13.6 Å². The van der Waals surface area contributed by atoms with Crippen LogP contribution in [0.15, 0.2) is 12.3 Å². The Labute approximate surface area is 94.7 Å². The molecular weight excluding hydrogens is 204 g/mol. The van der Waals surface area contributed by atoms with Gasteiger partial charge in [0.15, 0.2) is 5.69 Å². The standard InChI is InChI=1S/C12H14N2O2/c1-9-7-10(5-3-4-6-13-2)8-14-11(9)12(15)16/h7-8,13H,4,6H2,1-2H3,(H,15,16). The highest BCUT2D eigenvalue weighted by Gasteiger charge is 2.07. The van der Waals surface area contributed by atoms with Crippen LogP contribution < -0.4 is 5.32 Å². The lowest BCUT2D eigenvalue weighted by atomic mass is 10.1. The minimum absolute atomic E-state index is 0.0841. The third-order valence-corrected chi connectivity index (χ3v) is 2.01. The van der Waals surface area contributed by atoms with Gasteiger partial charge in [-0.05, 0) is 25.6 Å². The monoisotopic (exact) mass is 218 g/mol. The highest BCUT2D eigenvalue weighted by atomic mass is 16.4. The van der Waals surface area contributed by atoms with Crippen LogP contribution in [0.4, 0.5) is 0 Å². The Hall–Kier alpha value is -1.86. The van der Waals surface area contributed by atoms with Gasteiger partial charge in [0.2, 0.25) is 0 Å². The Morgan fingerprint density at radius 1 is 1.62 bits per heavy atom. The van der Waals surface area contributed by atoms with E-state index in [4.69, 9.17) is 5.11 Å². The smallest absolute Gasteiger partial charge is 0.354 e. The van der Waals surface area contributed by atoms with Crippen molar-refractivity contribution in [1.82, 2.24) is 10.3 Å². The molecule has 0 aliphatic carbocycles. The average molecular weight is 218 g/mol. The van der Waals surface area contributed by atoms with Crippen LogP contribution in [0, 0.1) is 18.8 Å². The molecule has 0 spiro atoms. The number of nitrogens with one attached hydrogen (secondary N) is 1. The number of aryl methyl sites for hydroxylation is 1. The molecule has 0 aromatic carbocycles. The molecule has 4 nitrogen and oxygen atoms in total. The zero-order valence-corrected chi connectivity index (χ0v) is 9.37.